The number of carbonyl (C=O) groups excluding carboxylic acids is 1. The van der Waals surface area contributed by atoms with Crippen LogP contribution in [0, 0.1) is 0 Å². The van der Waals surface area contributed by atoms with Crippen LogP contribution in [0.4, 0.5) is 0 Å². The number of carbonyl (C=O) groups is 1. The second-order valence-electron chi connectivity index (χ2n) is 6.48. The van der Waals surface area contributed by atoms with E-state index in [1.807, 2.05) is 31.1 Å². The molecular weight excluding hydrogens is 318 g/mol. The predicted octanol–water partition coefficient (Wildman–Crippen LogP) is 1.45. The summed E-state index contributed by atoms with van der Waals surface area (Å²) in [6.07, 6.45) is 4.31. The minimum Gasteiger partial charge on any atom is -0.468 e. The Balaban J connectivity index is 1.81. The number of hydrogen-bond donors (Lipinski definition) is 2. The third-order valence-electron chi connectivity index (χ3n) is 4.33. The van der Waals surface area contributed by atoms with Crippen LogP contribution < -0.4 is 10.6 Å². The zero-order valence-corrected chi connectivity index (χ0v) is 15.6. The molecular formula is C18H31N5O2. The molecule has 1 saturated heterocycles. The van der Waals surface area contributed by atoms with Crippen LogP contribution in [0.2, 0.25) is 0 Å². The Kier molecular flexibility index (Phi) is 7.78. The lowest BCUT2D eigenvalue weighted by Gasteiger charge is -2.21. The fourth-order valence-corrected chi connectivity index (χ4v) is 2.93. The molecule has 0 aliphatic carbocycles. The van der Waals surface area contributed by atoms with Gasteiger partial charge in [-0.05, 0) is 46.0 Å². The Morgan fingerprint density at radius 1 is 1.44 bits per heavy atom. The monoisotopic (exact) mass is 349 g/mol. The molecule has 1 aromatic rings. The molecule has 1 unspecified atom stereocenters. The van der Waals surface area contributed by atoms with Crippen molar-refractivity contribution >= 4 is 11.9 Å². The second-order valence-corrected chi connectivity index (χ2v) is 6.48. The zero-order valence-electron chi connectivity index (χ0n) is 15.6. The highest BCUT2D eigenvalue weighted by Crippen LogP contribution is 2.18. The highest BCUT2D eigenvalue weighted by atomic mass is 16.3. The number of amides is 1. The van der Waals surface area contributed by atoms with Crippen LogP contribution in [0.15, 0.2) is 27.8 Å². The van der Waals surface area contributed by atoms with Crippen molar-refractivity contribution in [3.05, 3.63) is 24.2 Å². The van der Waals surface area contributed by atoms with Crippen LogP contribution in [-0.4, -0.2) is 68.5 Å². The number of likely N-dealkylation sites (tertiary alicyclic amines) is 1. The van der Waals surface area contributed by atoms with Gasteiger partial charge in [0.2, 0.25) is 5.91 Å². The molecule has 0 spiro atoms. The molecule has 140 valence electrons. The van der Waals surface area contributed by atoms with E-state index >= 15 is 0 Å². The van der Waals surface area contributed by atoms with Crippen molar-refractivity contribution in [2.24, 2.45) is 4.99 Å². The van der Waals surface area contributed by atoms with E-state index in [1.165, 1.54) is 0 Å². The Bertz CT molecular complexity index is 542. The maximum atomic E-state index is 11.6. The van der Waals surface area contributed by atoms with E-state index < -0.39 is 0 Å². The van der Waals surface area contributed by atoms with Gasteiger partial charge < -0.3 is 20.0 Å². The van der Waals surface area contributed by atoms with E-state index in [4.69, 9.17) is 4.42 Å². The lowest BCUT2D eigenvalue weighted by molar-refractivity contribution is -0.127. The first-order valence-electron chi connectivity index (χ1n) is 9.11. The summed E-state index contributed by atoms with van der Waals surface area (Å²) < 4.78 is 5.53. The van der Waals surface area contributed by atoms with Crippen LogP contribution in [0.25, 0.3) is 0 Å². The molecule has 1 fully saturated rings. The molecule has 1 aliphatic heterocycles. The summed E-state index contributed by atoms with van der Waals surface area (Å²) in [7, 11) is 4.05. The van der Waals surface area contributed by atoms with Gasteiger partial charge in [0.05, 0.1) is 18.8 Å². The van der Waals surface area contributed by atoms with Gasteiger partial charge in [-0.3, -0.25) is 14.7 Å². The van der Waals surface area contributed by atoms with Crippen molar-refractivity contribution in [2.75, 3.05) is 46.8 Å². The van der Waals surface area contributed by atoms with E-state index in [9.17, 15) is 4.79 Å². The first-order chi connectivity index (χ1) is 12.1. The van der Waals surface area contributed by atoms with E-state index in [-0.39, 0.29) is 11.9 Å². The second kappa shape index (κ2) is 10.1. The first kappa shape index (κ1) is 19.3. The lowest BCUT2D eigenvalue weighted by Crippen LogP contribution is -2.39. The Labute approximate surface area is 150 Å². The van der Waals surface area contributed by atoms with Gasteiger partial charge in [-0.15, -0.1) is 0 Å². The maximum Gasteiger partial charge on any atom is 0.222 e. The molecule has 0 radical (unpaired) electrons. The molecule has 25 heavy (non-hydrogen) atoms. The number of rotatable bonds is 9. The van der Waals surface area contributed by atoms with Gasteiger partial charge in [-0.2, -0.15) is 0 Å². The van der Waals surface area contributed by atoms with Crippen molar-refractivity contribution in [2.45, 2.75) is 32.2 Å². The van der Waals surface area contributed by atoms with Crippen molar-refractivity contribution in [1.29, 1.82) is 0 Å². The quantitative estimate of drug-likeness (QED) is 0.401. The summed E-state index contributed by atoms with van der Waals surface area (Å²) in [5.74, 6) is 2.00. The molecule has 7 heteroatoms. The van der Waals surface area contributed by atoms with Gasteiger partial charge in [0, 0.05) is 32.6 Å². The topological polar surface area (TPSA) is 73.1 Å². The summed E-state index contributed by atoms with van der Waals surface area (Å²) >= 11 is 0. The molecule has 1 atom stereocenters. The molecule has 2 N–H and O–H groups in total. The highest BCUT2D eigenvalue weighted by molar-refractivity contribution is 5.79. The SMILES string of the molecule is CCNC(=NCC(c1ccco1)N(C)C)NCCCN1CCCC1=O. The number of hydrogen-bond acceptors (Lipinski definition) is 4. The summed E-state index contributed by atoms with van der Waals surface area (Å²) in [5, 5.41) is 6.62. The van der Waals surface area contributed by atoms with Crippen molar-refractivity contribution in [3.63, 3.8) is 0 Å². The average Bonchev–Trinajstić information content (AvgIpc) is 3.23. The molecule has 0 aromatic carbocycles. The maximum absolute atomic E-state index is 11.6. The van der Waals surface area contributed by atoms with Gasteiger partial charge in [-0.1, -0.05) is 0 Å². The lowest BCUT2D eigenvalue weighted by atomic mass is 10.2. The van der Waals surface area contributed by atoms with E-state index in [0.717, 1.165) is 50.7 Å². The largest absolute Gasteiger partial charge is 0.468 e. The minimum atomic E-state index is 0.104. The van der Waals surface area contributed by atoms with Gasteiger partial charge in [-0.25, -0.2) is 0 Å². The summed E-state index contributed by atoms with van der Waals surface area (Å²) in [6.45, 7) is 5.99. The molecule has 0 bridgehead atoms. The molecule has 2 rings (SSSR count). The molecule has 7 nitrogen and oxygen atoms in total. The predicted molar refractivity (Wildman–Crippen MR) is 99.5 cm³/mol. The number of nitrogens with one attached hydrogen (secondary N) is 2. The normalized spacial score (nSPS) is 16.6. The number of guanidine groups is 1. The van der Waals surface area contributed by atoms with Gasteiger partial charge in [0.1, 0.15) is 5.76 Å². The first-order valence-corrected chi connectivity index (χ1v) is 9.11. The van der Waals surface area contributed by atoms with Gasteiger partial charge >= 0.3 is 0 Å². The Morgan fingerprint density at radius 2 is 2.28 bits per heavy atom. The molecule has 1 amide bonds. The molecule has 1 aliphatic rings. The van der Waals surface area contributed by atoms with Gasteiger partial charge in [0.15, 0.2) is 5.96 Å². The highest BCUT2D eigenvalue weighted by Gasteiger charge is 2.19. The summed E-state index contributed by atoms with van der Waals surface area (Å²) in [5.41, 5.74) is 0. The standard InChI is InChI=1S/C18H31N5O2/c1-4-19-18(20-10-7-12-23-11-5-9-17(23)24)21-14-15(22(2)3)16-8-6-13-25-16/h6,8,13,15H,4-5,7,9-12,14H2,1-3H3,(H2,19,20,21). The molecule has 2 heterocycles. The minimum absolute atomic E-state index is 0.104. The summed E-state index contributed by atoms with van der Waals surface area (Å²) in [4.78, 5) is 20.4. The third-order valence-corrected chi connectivity index (χ3v) is 4.33. The van der Waals surface area contributed by atoms with E-state index in [0.29, 0.717) is 13.0 Å². The van der Waals surface area contributed by atoms with Crippen LogP contribution in [-0.2, 0) is 4.79 Å². The number of aliphatic imine (C=N–C) groups is 1. The fourth-order valence-electron chi connectivity index (χ4n) is 2.93. The summed E-state index contributed by atoms with van der Waals surface area (Å²) in [6, 6.07) is 3.99. The molecule has 0 saturated carbocycles. The van der Waals surface area contributed by atoms with Crippen LogP contribution in [0.3, 0.4) is 0 Å². The van der Waals surface area contributed by atoms with Crippen molar-refractivity contribution in [3.8, 4) is 0 Å². The number of furan rings is 1. The van der Waals surface area contributed by atoms with E-state index in [1.54, 1.807) is 6.26 Å². The molecule has 1 aromatic heterocycles. The van der Waals surface area contributed by atoms with Gasteiger partial charge in [0.25, 0.3) is 0 Å². The van der Waals surface area contributed by atoms with Crippen LogP contribution >= 0.6 is 0 Å². The van der Waals surface area contributed by atoms with Crippen LogP contribution in [0.1, 0.15) is 38.0 Å². The Morgan fingerprint density at radius 3 is 2.88 bits per heavy atom. The van der Waals surface area contributed by atoms with Crippen molar-refractivity contribution in [1.82, 2.24) is 20.4 Å². The fraction of sp³-hybridized carbons (Fsp3) is 0.667. The number of nitrogens with zero attached hydrogens (tertiary/aromatic N) is 3. The van der Waals surface area contributed by atoms with Crippen molar-refractivity contribution < 1.29 is 9.21 Å². The van der Waals surface area contributed by atoms with E-state index in [2.05, 4.69) is 27.4 Å². The third kappa shape index (κ3) is 6.08. The average molecular weight is 349 g/mol. The number of likely N-dealkylation sites (N-methyl/N-ethyl adjacent to an activating group) is 1. The zero-order chi connectivity index (χ0) is 18.1. The smallest absolute Gasteiger partial charge is 0.222 e. The van der Waals surface area contributed by atoms with Crippen LogP contribution in [0.5, 0.6) is 0 Å². The Hall–Kier alpha value is -2.02.